The highest BCUT2D eigenvalue weighted by Crippen LogP contribution is 2.38. The van der Waals surface area contributed by atoms with Gasteiger partial charge in [-0.2, -0.15) is 0 Å². The van der Waals surface area contributed by atoms with Gasteiger partial charge in [-0.05, 0) is 122 Å². The van der Waals surface area contributed by atoms with Gasteiger partial charge in [0.25, 0.3) is 7.82 Å². The van der Waals surface area contributed by atoms with E-state index in [1.807, 2.05) is 21.1 Å². The molecule has 0 aliphatic heterocycles. The Morgan fingerprint density at radius 3 is 0.932 bits per heavy atom. The fraction of sp³-hybridized carbons (Fsp3) is 0.641. The number of phosphoric acid groups is 1. The normalized spacial score (nSPS) is 14.1. The van der Waals surface area contributed by atoms with Gasteiger partial charge < -0.3 is 27.9 Å². The second-order valence-corrected chi connectivity index (χ2v) is 25.5. The van der Waals surface area contributed by atoms with Crippen LogP contribution in [0.5, 0.6) is 0 Å². The first-order valence-corrected chi connectivity index (χ1v) is 36.7. The number of likely N-dealkylation sites (N-methyl/N-ethyl adjacent to an activating group) is 1. The second-order valence-electron chi connectivity index (χ2n) is 24.1. The highest BCUT2D eigenvalue weighted by molar-refractivity contribution is 7.45. The third-order valence-electron chi connectivity index (χ3n) is 14.5. The molecule has 0 fully saturated rings. The van der Waals surface area contributed by atoms with Crippen molar-refractivity contribution in [3.63, 3.8) is 0 Å². The number of allylic oxidation sites excluding steroid dienone is 26. The number of hydrogen-bond donors (Lipinski definition) is 0. The second kappa shape index (κ2) is 67.0. The number of esters is 2. The van der Waals surface area contributed by atoms with Crippen molar-refractivity contribution in [1.82, 2.24) is 0 Å². The Balaban J connectivity index is 4.09. The lowest BCUT2D eigenvalue weighted by Crippen LogP contribution is -2.37. The number of phosphoric ester groups is 1. The van der Waals surface area contributed by atoms with Crippen molar-refractivity contribution >= 4 is 19.8 Å². The van der Waals surface area contributed by atoms with Gasteiger partial charge in [0.1, 0.15) is 19.8 Å². The zero-order valence-electron chi connectivity index (χ0n) is 56.9. The van der Waals surface area contributed by atoms with E-state index in [9.17, 15) is 19.0 Å². The predicted molar refractivity (Wildman–Crippen MR) is 378 cm³/mol. The van der Waals surface area contributed by atoms with Gasteiger partial charge in [0.05, 0.1) is 27.7 Å². The molecule has 0 aliphatic rings. The molecule has 0 saturated carbocycles. The van der Waals surface area contributed by atoms with Crippen molar-refractivity contribution < 1.29 is 42.1 Å². The lowest BCUT2D eigenvalue weighted by molar-refractivity contribution is -0.870. The van der Waals surface area contributed by atoms with E-state index in [1.165, 1.54) is 122 Å². The van der Waals surface area contributed by atoms with Crippen molar-refractivity contribution in [2.45, 2.75) is 277 Å². The van der Waals surface area contributed by atoms with Gasteiger partial charge in [-0.1, -0.05) is 294 Å². The van der Waals surface area contributed by atoms with Crippen molar-refractivity contribution in [3.05, 3.63) is 158 Å². The Bertz CT molecular complexity index is 2040. The van der Waals surface area contributed by atoms with Crippen molar-refractivity contribution in [2.75, 3.05) is 47.5 Å². The molecule has 9 nitrogen and oxygen atoms in total. The molecule has 0 aromatic carbocycles. The molecule has 0 saturated heterocycles. The highest BCUT2D eigenvalue weighted by atomic mass is 31.2. The summed E-state index contributed by atoms with van der Waals surface area (Å²) in [5.74, 6) is -0.887. The molecular weight excluding hydrogens is 1110 g/mol. The van der Waals surface area contributed by atoms with Gasteiger partial charge in [-0.3, -0.25) is 14.2 Å². The van der Waals surface area contributed by atoms with Crippen LogP contribution in [-0.2, 0) is 32.7 Å². The molecule has 0 aromatic heterocycles. The van der Waals surface area contributed by atoms with Crippen molar-refractivity contribution in [1.29, 1.82) is 0 Å². The Morgan fingerprint density at radius 2 is 0.614 bits per heavy atom. The largest absolute Gasteiger partial charge is 0.756 e. The summed E-state index contributed by atoms with van der Waals surface area (Å²) in [7, 11) is 1.12. The molecule has 500 valence electrons. The van der Waals surface area contributed by atoms with Crippen LogP contribution in [0.2, 0.25) is 0 Å². The van der Waals surface area contributed by atoms with E-state index in [0.29, 0.717) is 17.4 Å². The predicted octanol–water partition coefficient (Wildman–Crippen LogP) is 22.5. The third kappa shape index (κ3) is 70.7. The van der Waals surface area contributed by atoms with E-state index >= 15 is 0 Å². The van der Waals surface area contributed by atoms with Crippen LogP contribution in [0.4, 0.5) is 0 Å². The molecule has 88 heavy (non-hydrogen) atoms. The Morgan fingerprint density at radius 1 is 0.352 bits per heavy atom. The standard InChI is InChI=1S/C78H130NO8P/c1-6-8-10-12-14-16-18-20-22-24-26-28-30-32-34-35-36-37-38-39-40-41-42-43-45-46-48-50-52-54-56-58-60-62-64-66-68-70-77(80)84-74-76(75-86-88(82,83)85-73-72-79(3,4)5)87-78(81)71-69-67-65-63-61-59-57-55-53-51-49-47-44-33-31-29-27-25-23-21-19-17-15-13-11-9-7-2/h8-11,14-17,20-23,26-29,32-34,44,49,51,55,57,61,63,76H,6-7,12-13,18-19,24-25,30-31,35-43,45-48,50,52-54,56,58-60,62,64-75H2,1-5H3/b10-8-,11-9-,16-14-,17-15-,22-20-,23-21-,28-26-,29-27-,34-32-,44-33-,51-49-,57-55-,63-61-. The summed E-state index contributed by atoms with van der Waals surface area (Å²) in [6, 6.07) is 0. The van der Waals surface area contributed by atoms with Gasteiger partial charge in [0.15, 0.2) is 6.10 Å². The minimum atomic E-state index is -4.66. The zero-order chi connectivity index (χ0) is 64.1. The molecule has 0 N–H and O–H groups in total. The molecule has 2 unspecified atom stereocenters. The van der Waals surface area contributed by atoms with Crippen molar-refractivity contribution in [3.8, 4) is 0 Å². The summed E-state index contributed by atoms with van der Waals surface area (Å²) >= 11 is 0. The summed E-state index contributed by atoms with van der Waals surface area (Å²) in [6.45, 7) is 3.96. The molecule has 0 radical (unpaired) electrons. The number of carbonyl (C=O) groups is 2. The lowest BCUT2D eigenvalue weighted by atomic mass is 10.0. The summed E-state index contributed by atoms with van der Waals surface area (Å²) < 4.78 is 34.2. The first-order valence-electron chi connectivity index (χ1n) is 35.2. The Labute approximate surface area is 541 Å². The summed E-state index contributed by atoms with van der Waals surface area (Å²) in [6.07, 6.45) is 100. The van der Waals surface area contributed by atoms with Crippen LogP contribution in [0.25, 0.3) is 0 Å². The maximum Gasteiger partial charge on any atom is 0.306 e. The molecular formula is C78H130NO8P. The number of rotatable bonds is 63. The number of unbranched alkanes of at least 4 members (excludes halogenated alkanes) is 23. The molecule has 10 heteroatoms. The minimum absolute atomic E-state index is 0.0464. The number of carbonyl (C=O) groups excluding carboxylic acids is 2. The number of ether oxygens (including phenoxy) is 2. The smallest absolute Gasteiger partial charge is 0.306 e. The molecule has 0 bridgehead atoms. The maximum atomic E-state index is 12.8. The van der Waals surface area contributed by atoms with Gasteiger partial charge in [0.2, 0.25) is 0 Å². The Kier molecular flexibility index (Phi) is 63.7. The van der Waals surface area contributed by atoms with Gasteiger partial charge in [-0.25, -0.2) is 0 Å². The van der Waals surface area contributed by atoms with Crippen LogP contribution in [0.3, 0.4) is 0 Å². The first-order chi connectivity index (χ1) is 43.0. The minimum Gasteiger partial charge on any atom is -0.756 e. The van der Waals surface area contributed by atoms with E-state index in [1.54, 1.807) is 0 Å². The van der Waals surface area contributed by atoms with Crippen LogP contribution in [0.1, 0.15) is 271 Å². The molecule has 0 aromatic rings. The first kappa shape index (κ1) is 83.6. The SMILES string of the molecule is CC/C=C\C/C=C\C/C=C\C/C=C\C/C=C\C/C=C\C/C=C\C/C=C\CCCCC(=O)OC(COC(=O)CCCCCCCCCCCCCCCCCCCCCCC/C=C\C/C=C\C/C=C\C/C=C\C/C=C\CC)COP(=O)([O-])OCC[N+](C)(C)C. The summed E-state index contributed by atoms with van der Waals surface area (Å²) in [5.41, 5.74) is 0. The van der Waals surface area contributed by atoms with E-state index in [-0.39, 0.29) is 26.1 Å². The maximum absolute atomic E-state index is 12.8. The molecule has 0 spiro atoms. The fourth-order valence-electron chi connectivity index (χ4n) is 9.23. The van der Waals surface area contributed by atoms with E-state index in [2.05, 4.69) is 172 Å². The van der Waals surface area contributed by atoms with Gasteiger partial charge in [-0.15, -0.1) is 0 Å². The highest BCUT2D eigenvalue weighted by Gasteiger charge is 2.22. The Hall–Kier alpha value is -4.37. The van der Waals surface area contributed by atoms with Crippen LogP contribution in [-0.4, -0.2) is 70.0 Å². The average molecular weight is 1240 g/mol. The quantitative estimate of drug-likeness (QED) is 0.0195. The fourth-order valence-corrected chi connectivity index (χ4v) is 9.96. The summed E-state index contributed by atoms with van der Waals surface area (Å²) in [5, 5.41) is 0. The monoisotopic (exact) mass is 1240 g/mol. The van der Waals surface area contributed by atoms with E-state index < -0.39 is 32.5 Å². The lowest BCUT2D eigenvalue weighted by Gasteiger charge is -2.28. The van der Waals surface area contributed by atoms with Gasteiger partial charge >= 0.3 is 11.9 Å². The molecule has 0 amide bonds. The number of hydrogen-bond acceptors (Lipinski definition) is 8. The van der Waals surface area contributed by atoms with Crippen LogP contribution >= 0.6 is 7.82 Å². The van der Waals surface area contributed by atoms with Crippen LogP contribution in [0, 0.1) is 0 Å². The molecule has 2 atom stereocenters. The number of nitrogens with zero attached hydrogens (tertiary/aromatic N) is 1. The zero-order valence-corrected chi connectivity index (χ0v) is 57.8. The average Bonchev–Trinajstić information content (AvgIpc) is 3.60. The van der Waals surface area contributed by atoms with E-state index in [0.717, 1.165) is 116 Å². The van der Waals surface area contributed by atoms with E-state index in [4.69, 9.17) is 18.5 Å². The van der Waals surface area contributed by atoms with Crippen LogP contribution in [0.15, 0.2) is 158 Å². The van der Waals surface area contributed by atoms with Crippen LogP contribution < -0.4 is 4.89 Å². The third-order valence-corrected chi connectivity index (χ3v) is 15.5. The summed E-state index contributed by atoms with van der Waals surface area (Å²) in [4.78, 5) is 38.0. The number of quaternary nitrogens is 1. The molecule has 0 heterocycles. The van der Waals surface area contributed by atoms with Gasteiger partial charge in [0, 0.05) is 12.8 Å². The molecule has 0 aliphatic carbocycles. The van der Waals surface area contributed by atoms with Crippen molar-refractivity contribution in [2.24, 2.45) is 0 Å². The topological polar surface area (TPSA) is 111 Å². The molecule has 0 rings (SSSR count).